The number of carbonyl (C=O) groups is 2. The molecule has 0 aromatic carbocycles. The molecule has 0 bridgehead atoms. The molecule has 8 nitrogen and oxygen atoms in total. The van der Waals surface area contributed by atoms with Crippen molar-refractivity contribution in [3.05, 3.63) is 12.2 Å². The monoisotopic (exact) mass is 534 g/mol. The van der Waals surface area contributed by atoms with Crippen LogP contribution in [0.5, 0.6) is 0 Å². The molecule has 0 saturated carbocycles. The summed E-state index contributed by atoms with van der Waals surface area (Å²) in [5, 5.41) is 0. The molecule has 212 valence electrons. The summed E-state index contributed by atoms with van der Waals surface area (Å²) in [4.78, 5) is 42.0. The Morgan fingerprint density at radius 1 is 0.694 bits per heavy atom. The summed E-state index contributed by atoms with van der Waals surface area (Å²) in [7, 11) is -4.73. The lowest BCUT2D eigenvalue weighted by Gasteiger charge is -2.18. The summed E-state index contributed by atoms with van der Waals surface area (Å²) in [6.45, 7) is 3.51. The van der Waals surface area contributed by atoms with Gasteiger partial charge in [-0.05, 0) is 38.5 Å². The highest BCUT2D eigenvalue weighted by molar-refractivity contribution is 7.46. The van der Waals surface area contributed by atoms with E-state index in [-0.39, 0.29) is 19.4 Å². The molecule has 0 heterocycles. The fraction of sp³-hybridized carbons (Fsp3) is 0.852. The summed E-state index contributed by atoms with van der Waals surface area (Å²) in [6, 6.07) is 0. The van der Waals surface area contributed by atoms with Gasteiger partial charge in [-0.15, -0.1) is 0 Å². The second-order valence-electron chi connectivity index (χ2n) is 9.37. The third-order valence-electron chi connectivity index (χ3n) is 5.78. The second-order valence-corrected chi connectivity index (χ2v) is 10.6. The molecule has 0 aromatic rings. The topological polar surface area (TPSA) is 119 Å². The van der Waals surface area contributed by atoms with E-state index in [1.807, 2.05) is 0 Å². The normalized spacial score (nSPS) is 12.7. The van der Waals surface area contributed by atoms with Crippen LogP contribution in [0.1, 0.15) is 129 Å². The van der Waals surface area contributed by atoms with Crippen LogP contribution in [-0.4, -0.2) is 41.0 Å². The van der Waals surface area contributed by atoms with Crippen molar-refractivity contribution in [1.82, 2.24) is 0 Å². The van der Waals surface area contributed by atoms with Crippen molar-refractivity contribution in [2.45, 2.75) is 136 Å². The number of rotatable bonds is 25. The molecular formula is C27H51O8P. The largest absolute Gasteiger partial charge is 0.469 e. The van der Waals surface area contributed by atoms with Gasteiger partial charge in [-0.2, -0.15) is 0 Å². The van der Waals surface area contributed by atoms with Crippen molar-refractivity contribution in [2.24, 2.45) is 0 Å². The SMILES string of the molecule is CCCCCC/C=C\CCCCCCCC(=O)OC(COC(=O)CCCCCCC)COP(=O)(O)O. The van der Waals surface area contributed by atoms with E-state index in [4.69, 9.17) is 19.3 Å². The molecule has 0 radical (unpaired) electrons. The van der Waals surface area contributed by atoms with Gasteiger partial charge in [-0.25, -0.2) is 4.57 Å². The maximum absolute atomic E-state index is 12.2. The van der Waals surface area contributed by atoms with Crippen LogP contribution in [0, 0.1) is 0 Å². The number of carbonyl (C=O) groups excluding carboxylic acids is 2. The number of hydrogen-bond acceptors (Lipinski definition) is 6. The lowest BCUT2D eigenvalue weighted by Crippen LogP contribution is -2.29. The zero-order valence-corrected chi connectivity index (χ0v) is 23.6. The first-order valence-corrected chi connectivity index (χ1v) is 15.5. The zero-order valence-electron chi connectivity index (χ0n) is 22.7. The lowest BCUT2D eigenvalue weighted by atomic mass is 10.1. The summed E-state index contributed by atoms with van der Waals surface area (Å²) in [6.07, 6.45) is 21.2. The molecule has 9 heteroatoms. The van der Waals surface area contributed by atoms with E-state index in [1.165, 1.54) is 32.1 Å². The minimum absolute atomic E-state index is 0.204. The van der Waals surface area contributed by atoms with Crippen LogP contribution < -0.4 is 0 Å². The van der Waals surface area contributed by atoms with Crippen LogP contribution >= 0.6 is 7.82 Å². The van der Waals surface area contributed by atoms with E-state index in [9.17, 15) is 14.2 Å². The van der Waals surface area contributed by atoms with Gasteiger partial charge in [-0.3, -0.25) is 14.1 Å². The summed E-state index contributed by atoms with van der Waals surface area (Å²) >= 11 is 0. The van der Waals surface area contributed by atoms with Gasteiger partial charge >= 0.3 is 19.8 Å². The lowest BCUT2D eigenvalue weighted by molar-refractivity contribution is -0.161. The minimum atomic E-state index is -4.73. The highest BCUT2D eigenvalue weighted by Crippen LogP contribution is 2.35. The highest BCUT2D eigenvalue weighted by atomic mass is 31.2. The molecule has 0 aromatic heterocycles. The van der Waals surface area contributed by atoms with Gasteiger partial charge in [0.2, 0.25) is 0 Å². The second kappa shape index (κ2) is 24.1. The molecule has 1 unspecified atom stereocenters. The van der Waals surface area contributed by atoms with E-state index in [2.05, 4.69) is 30.5 Å². The molecule has 1 atom stereocenters. The maximum atomic E-state index is 12.2. The van der Waals surface area contributed by atoms with Gasteiger partial charge in [0.1, 0.15) is 6.61 Å². The standard InChI is InChI=1S/C27H51O8P/c1-3-5-7-9-10-11-12-13-14-15-16-18-20-22-27(29)35-25(24-34-36(30,31)32)23-33-26(28)21-19-17-8-6-4-2/h11-12,25H,3-10,13-24H2,1-2H3,(H2,30,31,32)/b12-11-. The molecular weight excluding hydrogens is 483 g/mol. The Labute approximate surface area is 218 Å². The van der Waals surface area contributed by atoms with Crippen molar-refractivity contribution in [1.29, 1.82) is 0 Å². The van der Waals surface area contributed by atoms with Gasteiger partial charge in [0.05, 0.1) is 6.61 Å². The molecule has 0 aliphatic rings. The first-order valence-electron chi connectivity index (χ1n) is 14.0. The van der Waals surface area contributed by atoms with Gasteiger partial charge in [0.25, 0.3) is 0 Å². The predicted octanol–water partition coefficient (Wildman–Crippen LogP) is 7.17. The number of ether oxygens (including phenoxy) is 2. The first-order chi connectivity index (χ1) is 17.3. The summed E-state index contributed by atoms with van der Waals surface area (Å²) in [5.41, 5.74) is 0. The average Bonchev–Trinajstić information content (AvgIpc) is 2.83. The minimum Gasteiger partial charge on any atom is -0.462 e. The van der Waals surface area contributed by atoms with Gasteiger partial charge in [-0.1, -0.05) is 90.2 Å². The van der Waals surface area contributed by atoms with E-state index in [0.717, 1.165) is 64.2 Å². The van der Waals surface area contributed by atoms with Crippen molar-refractivity contribution in [3.63, 3.8) is 0 Å². The molecule has 0 spiro atoms. The van der Waals surface area contributed by atoms with Crippen molar-refractivity contribution in [2.75, 3.05) is 13.2 Å². The molecule has 0 aliphatic carbocycles. The Morgan fingerprint density at radius 2 is 1.17 bits per heavy atom. The van der Waals surface area contributed by atoms with E-state index in [0.29, 0.717) is 6.42 Å². The van der Waals surface area contributed by atoms with Crippen molar-refractivity contribution >= 4 is 19.8 Å². The van der Waals surface area contributed by atoms with E-state index in [1.54, 1.807) is 0 Å². The Morgan fingerprint density at radius 3 is 1.72 bits per heavy atom. The molecule has 0 fully saturated rings. The average molecular weight is 535 g/mol. The third kappa shape index (κ3) is 25.9. The Balaban J connectivity index is 4.06. The molecule has 0 aliphatic heterocycles. The number of phosphoric ester groups is 1. The van der Waals surface area contributed by atoms with Crippen LogP contribution in [0.4, 0.5) is 0 Å². The number of esters is 2. The van der Waals surface area contributed by atoms with E-state index >= 15 is 0 Å². The smallest absolute Gasteiger partial charge is 0.462 e. The van der Waals surface area contributed by atoms with Crippen molar-refractivity contribution < 1.29 is 37.9 Å². The Kier molecular flexibility index (Phi) is 23.3. The van der Waals surface area contributed by atoms with E-state index < -0.39 is 32.5 Å². The molecule has 0 saturated heterocycles. The fourth-order valence-corrected chi connectivity index (χ4v) is 4.02. The Bertz CT molecular complexity index is 617. The maximum Gasteiger partial charge on any atom is 0.469 e. The Hall–Kier alpha value is -1.21. The number of hydrogen-bond donors (Lipinski definition) is 2. The number of unbranched alkanes of at least 4 members (excludes halogenated alkanes) is 13. The van der Waals surface area contributed by atoms with Gasteiger partial charge < -0.3 is 19.3 Å². The number of phosphoric acid groups is 1. The van der Waals surface area contributed by atoms with Gasteiger partial charge in [0.15, 0.2) is 6.10 Å². The summed E-state index contributed by atoms with van der Waals surface area (Å²) in [5.74, 6) is -0.911. The molecule has 0 rings (SSSR count). The third-order valence-corrected chi connectivity index (χ3v) is 6.27. The quantitative estimate of drug-likeness (QED) is 0.0547. The molecule has 2 N–H and O–H groups in total. The van der Waals surface area contributed by atoms with Gasteiger partial charge in [0, 0.05) is 12.8 Å². The van der Waals surface area contributed by atoms with Crippen LogP contribution in [-0.2, 0) is 28.2 Å². The van der Waals surface area contributed by atoms with Crippen molar-refractivity contribution in [3.8, 4) is 0 Å². The van der Waals surface area contributed by atoms with Crippen LogP contribution in [0.2, 0.25) is 0 Å². The zero-order chi connectivity index (χ0) is 26.9. The van der Waals surface area contributed by atoms with Crippen LogP contribution in [0.15, 0.2) is 12.2 Å². The summed E-state index contributed by atoms with van der Waals surface area (Å²) < 4.78 is 25.9. The van der Waals surface area contributed by atoms with Crippen LogP contribution in [0.3, 0.4) is 0 Å². The first kappa shape index (κ1) is 34.8. The molecule has 0 amide bonds. The highest BCUT2D eigenvalue weighted by Gasteiger charge is 2.22. The van der Waals surface area contributed by atoms with Crippen LogP contribution in [0.25, 0.3) is 0 Å². The number of allylic oxidation sites excluding steroid dienone is 2. The molecule has 36 heavy (non-hydrogen) atoms. The fourth-order valence-electron chi connectivity index (χ4n) is 3.66. The predicted molar refractivity (Wildman–Crippen MR) is 142 cm³/mol.